The number of nitrogens with zero attached hydrogens (tertiary/aromatic N) is 2. The Hall–Kier alpha value is -2.94. The van der Waals surface area contributed by atoms with Gasteiger partial charge >= 0.3 is 0 Å². The molecule has 0 unspecified atom stereocenters. The fourth-order valence-corrected chi connectivity index (χ4v) is 4.37. The normalized spacial score (nSPS) is 13.1. The van der Waals surface area contributed by atoms with Crippen molar-refractivity contribution >= 4 is 10.0 Å². The third-order valence-corrected chi connectivity index (χ3v) is 6.00. The summed E-state index contributed by atoms with van der Waals surface area (Å²) in [6.07, 6.45) is -1.94. The van der Waals surface area contributed by atoms with E-state index in [1.165, 1.54) is 12.1 Å². The topological polar surface area (TPSA) is 73.2 Å². The van der Waals surface area contributed by atoms with Gasteiger partial charge in [0.2, 0.25) is 0 Å². The molecule has 0 amide bonds. The van der Waals surface area contributed by atoms with E-state index >= 15 is 0 Å². The molecule has 9 heteroatoms. The molecule has 4 rings (SSSR count). The van der Waals surface area contributed by atoms with Gasteiger partial charge in [-0.05, 0) is 48.7 Å². The Labute approximate surface area is 160 Å². The zero-order valence-electron chi connectivity index (χ0n) is 14.9. The molecule has 0 spiro atoms. The molecule has 2 aromatic carbocycles. The molecule has 0 saturated carbocycles. The fraction of sp³-hybridized carbons (Fsp3) is 0.211. The highest BCUT2D eigenvalue weighted by Gasteiger charge is 2.31. The molecule has 146 valence electrons. The van der Waals surface area contributed by atoms with Gasteiger partial charge in [0, 0.05) is 11.1 Å². The Balaban J connectivity index is 1.85. The number of sulfonamides is 1. The smallest absolute Gasteiger partial charge is 0.282 e. The van der Waals surface area contributed by atoms with E-state index in [1.807, 2.05) is 6.07 Å². The van der Waals surface area contributed by atoms with Gasteiger partial charge in [-0.3, -0.25) is 0 Å². The van der Waals surface area contributed by atoms with Crippen molar-refractivity contribution in [2.75, 3.05) is 11.9 Å². The van der Waals surface area contributed by atoms with E-state index in [2.05, 4.69) is 9.93 Å². The molecule has 1 aliphatic rings. The van der Waals surface area contributed by atoms with Crippen LogP contribution in [0.3, 0.4) is 0 Å². The monoisotopic (exact) mass is 405 g/mol. The second kappa shape index (κ2) is 6.90. The van der Waals surface area contributed by atoms with E-state index in [0.717, 1.165) is 10.4 Å². The number of halogens is 2. The van der Waals surface area contributed by atoms with Gasteiger partial charge < -0.3 is 4.74 Å². The largest absolute Gasteiger partial charge is 0.497 e. The number of hydrogen-bond acceptors (Lipinski definition) is 4. The number of aryl methyl sites for hydroxylation is 1. The summed E-state index contributed by atoms with van der Waals surface area (Å²) in [4.78, 5) is 3.29. The molecule has 6 nitrogen and oxygen atoms in total. The summed E-state index contributed by atoms with van der Waals surface area (Å²) in [7, 11) is -2.45. The van der Waals surface area contributed by atoms with E-state index in [-0.39, 0.29) is 4.90 Å². The zero-order valence-corrected chi connectivity index (χ0v) is 15.7. The molecule has 3 aromatic rings. The number of benzene rings is 2. The molecule has 0 atom stereocenters. The van der Waals surface area contributed by atoms with Crippen LogP contribution in [0, 0.1) is 0 Å². The number of methoxy groups -OCH3 is 1. The first-order chi connectivity index (χ1) is 13.4. The summed E-state index contributed by atoms with van der Waals surface area (Å²) in [6, 6.07) is 13.0. The quantitative estimate of drug-likeness (QED) is 0.705. The molecule has 1 heterocycles. The van der Waals surface area contributed by atoms with Gasteiger partial charge in [-0.15, -0.1) is 5.10 Å². The van der Waals surface area contributed by atoms with Crippen LogP contribution in [0.4, 0.5) is 8.78 Å². The van der Waals surface area contributed by atoms with Crippen LogP contribution in [0.15, 0.2) is 53.4 Å². The average Bonchev–Trinajstić information content (AvgIpc) is 3.06. The van der Waals surface area contributed by atoms with E-state index in [4.69, 9.17) is 4.74 Å². The van der Waals surface area contributed by atoms with E-state index in [1.54, 1.807) is 37.4 Å². The molecule has 0 radical (unpaired) electrons. The lowest BCUT2D eigenvalue weighted by molar-refractivity contribution is 0.144. The Kier molecular flexibility index (Phi) is 4.54. The van der Waals surface area contributed by atoms with Crippen molar-refractivity contribution in [2.45, 2.75) is 24.2 Å². The van der Waals surface area contributed by atoms with Crippen LogP contribution in [-0.4, -0.2) is 25.4 Å². The Morgan fingerprint density at radius 3 is 2.57 bits per heavy atom. The molecule has 0 bridgehead atoms. The second-order valence-corrected chi connectivity index (χ2v) is 8.02. The van der Waals surface area contributed by atoms with E-state index < -0.39 is 22.1 Å². The van der Waals surface area contributed by atoms with Crippen molar-refractivity contribution in [1.29, 1.82) is 0 Å². The van der Waals surface area contributed by atoms with Crippen LogP contribution in [0.2, 0.25) is 0 Å². The number of rotatable bonds is 5. The molecular weight excluding hydrogens is 388 g/mol. The standard InChI is InChI=1S/C19H17F2N3O3S/c1-27-13-8-10-15-12(11-13)7-9-16-17(19(20)21)22-24(18(15)16)23-28(25,26)14-5-3-2-4-6-14/h2-6,8,10-11,19,23H,7,9H2,1H3. The first-order valence-electron chi connectivity index (χ1n) is 8.56. The Morgan fingerprint density at radius 1 is 1.14 bits per heavy atom. The molecule has 1 N–H and O–H groups in total. The molecule has 0 saturated heterocycles. The summed E-state index contributed by atoms with van der Waals surface area (Å²) >= 11 is 0. The van der Waals surface area contributed by atoms with Gasteiger partial charge in [-0.2, -0.15) is 18.0 Å². The van der Waals surface area contributed by atoms with Gasteiger partial charge in [-0.25, -0.2) is 8.78 Å². The van der Waals surface area contributed by atoms with Crippen LogP contribution in [-0.2, 0) is 22.9 Å². The van der Waals surface area contributed by atoms with Crippen molar-refractivity contribution in [3.05, 3.63) is 65.4 Å². The second-order valence-electron chi connectivity index (χ2n) is 6.36. The minimum atomic E-state index is -3.99. The van der Waals surface area contributed by atoms with Crippen molar-refractivity contribution in [3.63, 3.8) is 0 Å². The third-order valence-electron chi connectivity index (χ3n) is 4.69. The number of ether oxygens (including phenoxy) is 1. The number of nitrogens with one attached hydrogen (secondary N) is 1. The molecular formula is C19H17F2N3O3S. The highest BCUT2D eigenvalue weighted by molar-refractivity contribution is 7.92. The Morgan fingerprint density at radius 2 is 1.89 bits per heavy atom. The molecule has 1 aromatic heterocycles. The number of aromatic nitrogens is 2. The lowest BCUT2D eigenvalue weighted by atomic mass is 9.89. The first-order valence-corrected chi connectivity index (χ1v) is 10.0. The lowest BCUT2D eigenvalue weighted by Gasteiger charge is -2.20. The van der Waals surface area contributed by atoms with Gasteiger partial charge in [0.15, 0.2) is 0 Å². The van der Waals surface area contributed by atoms with Gasteiger partial charge in [-0.1, -0.05) is 18.2 Å². The Bertz CT molecular complexity index is 1130. The number of alkyl halides is 2. The van der Waals surface area contributed by atoms with Gasteiger partial charge in [0.25, 0.3) is 16.4 Å². The van der Waals surface area contributed by atoms with Crippen molar-refractivity contribution < 1.29 is 21.9 Å². The van der Waals surface area contributed by atoms with Crippen LogP contribution >= 0.6 is 0 Å². The first kappa shape index (κ1) is 18.4. The van der Waals surface area contributed by atoms with E-state index in [9.17, 15) is 17.2 Å². The highest BCUT2D eigenvalue weighted by Crippen LogP contribution is 2.39. The van der Waals surface area contributed by atoms with Crippen LogP contribution in [0.5, 0.6) is 5.75 Å². The third kappa shape index (κ3) is 3.11. The van der Waals surface area contributed by atoms with Crippen molar-refractivity contribution in [1.82, 2.24) is 9.89 Å². The number of hydrogen-bond donors (Lipinski definition) is 1. The lowest BCUT2D eigenvalue weighted by Crippen LogP contribution is -2.25. The summed E-state index contributed by atoms with van der Waals surface area (Å²) in [5, 5.41) is 3.89. The van der Waals surface area contributed by atoms with Crippen LogP contribution < -0.4 is 9.57 Å². The molecule has 28 heavy (non-hydrogen) atoms. The summed E-state index contributed by atoms with van der Waals surface area (Å²) in [5.41, 5.74) is 1.80. The maximum Gasteiger partial charge on any atom is 0.282 e. The van der Waals surface area contributed by atoms with Gasteiger partial charge in [0.05, 0.1) is 17.7 Å². The minimum absolute atomic E-state index is 0.0172. The minimum Gasteiger partial charge on any atom is -0.497 e. The summed E-state index contributed by atoms with van der Waals surface area (Å²) in [6.45, 7) is 0. The maximum atomic E-state index is 13.5. The van der Waals surface area contributed by atoms with Crippen molar-refractivity contribution in [3.8, 4) is 17.0 Å². The highest BCUT2D eigenvalue weighted by atomic mass is 32.2. The van der Waals surface area contributed by atoms with Crippen molar-refractivity contribution in [2.24, 2.45) is 0 Å². The predicted molar refractivity (Wildman–Crippen MR) is 99.6 cm³/mol. The summed E-state index contributed by atoms with van der Waals surface area (Å²) < 4.78 is 57.7. The molecule has 0 aliphatic heterocycles. The maximum absolute atomic E-state index is 13.5. The van der Waals surface area contributed by atoms with Crippen LogP contribution in [0.1, 0.15) is 23.2 Å². The van der Waals surface area contributed by atoms with Gasteiger partial charge in [0.1, 0.15) is 11.4 Å². The predicted octanol–water partition coefficient (Wildman–Crippen LogP) is 3.53. The molecule has 0 fully saturated rings. The van der Waals surface area contributed by atoms with Crippen LogP contribution in [0.25, 0.3) is 11.3 Å². The SMILES string of the molecule is COc1ccc2c(c1)CCc1c(C(F)F)nn(NS(=O)(=O)c3ccccc3)c1-2. The number of fused-ring (bicyclic) bond motifs is 3. The molecule has 1 aliphatic carbocycles. The van der Waals surface area contributed by atoms with E-state index in [0.29, 0.717) is 35.4 Å². The average molecular weight is 405 g/mol. The summed E-state index contributed by atoms with van der Waals surface area (Å²) in [5.74, 6) is 0.646. The fourth-order valence-electron chi connectivity index (χ4n) is 3.39. The zero-order chi connectivity index (χ0) is 19.9.